The maximum atomic E-state index is 14.9. The van der Waals surface area contributed by atoms with Crippen LogP contribution in [0.15, 0.2) is 66.9 Å². The summed E-state index contributed by atoms with van der Waals surface area (Å²) < 4.78 is 63.3. The Kier molecular flexibility index (Phi) is 10.9. The zero-order chi connectivity index (χ0) is 35.3. The van der Waals surface area contributed by atoms with Crippen LogP contribution in [0.2, 0.25) is 0 Å². The van der Waals surface area contributed by atoms with Gasteiger partial charge in [-0.15, -0.1) is 0 Å². The summed E-state index contributed by atoms with van der Waals surface area (Å²) in [6, 6.07) is 16.8. The van der Waals surface area contributed by atoms with E-state index >= 15 is 0 Å². The van der Waals surface area contributed by atoms with Crippen molar-refractivity contribution >= 4 is 22.8 Å². The molecule has 1 aliphatic rings. The van der Waals surface area contributed by atoms with Gasteiger partial charge in [0.25, 0.3) is 0 Å². The van der Waals surface area contributed by atoms with Crippen LogP contribution < -0.4 is 9.47 Å². The second-order valence-electron chi connectivity index (χ2n) is 12.4. The smallest absolute Gasteiger partial charge is 0.422 e. The first-order chi connectivity index (χ1) is 23.3. The number of carbonyl (C=O) groups excluding carboxylic acids is 1. The molecule has 1 atom stereocenters. The second kappa shape index (κ2) is 14.9. The normalized spacial score (nSPS) is 15.6. The van der Waals surface area contributed by atoms with Gasteiger partial charge < -0.3 is 29.0 Å². The highest BCUT2D eigenvalue weighted by atomic mass is 19.4. The number of hydrogen-bond donors (Lipinski definition) is 2. The number of aromatic nitrogens is 1. The molecule has 1 aromatic heterocycles. The monoisotopic (exact) mass is 682 g/mol. The average Bonchev–Trinajstić information content (AvgIpc) is 3.43. The van der Waals surface area contributed by atoms with Gasteiger partial charge in [-0.25, -0.2) is 4.79 Å². The lowest BCUT2D eigenvalue weighted by atomic mass is 9.90. The first-order valence-electron chi connectivity index (χ1n) is 16.2. The number of carboxylic acids is 1. The predicted octanol–water partition coefficient (Wildman–Crippen LogP) is 6.49. The van der Waals surface area contributed by atoms with Crippen molar-refractivity contribution in [2.45, 2.75) is 64.0 Å². The minimum absolute atomic E-state index is 0.0673. The molecule has 2 heterocycles. The van der Waals surface area contributed by atoms with Gasteiger partial charge in [0.15, 0.2) is 11.5 Å². The van der Waals surface area contributed by atoms with Crippen molar-refractivity contribution in [2.75, 3.05) is 33.4 Å². The molecular weight excluding hydrogens is 641 g/mol. The Balaban J connectivity index is 1.34. The van der Waals surface area contributed by atoms with Crippen molar-refractivity contribution in [3.05, 3.63) is 94.7 Å². The highest BCUT2D eigenvalue weighted by molar-refractivity contribution is 5.95. The van der Waals surface area contributed by atoms with Crippen molar-refractivity contribution < 1.29 is 47.2 Å². The third-order valence-electron chi connectivity index (χ3n) is 8.95. The summed E-state index contributed by atoms with van der Waals surface area (Å²) in [5, 5.41) is 21.3. The number of likely N-dealkylation sites (tertiary alicyclic amines) is 1. The number of aliphatic hydroxyl groups is 1. The summed E-state index contributed by atoms with van der Waals surface area (Å²) in [4.78, 5) is 25.1. The van der Waals surface area contributed by atoms with E-state index in [0.29, 0.717) is 37.4 Å². The minimum atomic E-state index is -5.03. The van der Waals surface area contributed by atoms with Gasteiger partial charge in [0.1, 0.15) is 6.10 Å². The van der Waals surface area contributed by atoms with Crippen molar-refractivity contribution in [2.24, 2.45) is 0 Å². The molecule has 0 saturated carbocycles. The number of methoxy groups -OCH3 is 1. The third kappa shape index (κ3) is 8.02. The van der Waals surface area contributed by atoms with Gasteiger partial charge in [0.2, 0.25) is 5.60 Å². The van der Waals surface area contributed by atoms with Crippen LogP contribution in [0.5, 0.6) is 11.5 Å². The van der Waals surface area contributed by atoms with E-state index in [1.807, 2.05) is 49.4 Å². The zero-order valence-electron chi connectivity index (χ0n) is 27.8. The number of aryl methyl sites for hydroxylation is 2. The lowest BCUT2D eigenvalue weighted by Crippen LogP contribution is -2.53. The summed E-state index contributed by atoms with van der Waals surface area (Å²) in [5.74, 6) is -0.441. The van der Waals surface area contributed by atoms with E-state index in [1.54, 1.807) is 16.4 Å². The molecule has 0 amide bonds. The highest BCUT2D eigenvalue weighted by Crippen LogP contribution is 2.44. The van der Waals surface area contributed by atoms with Crippen LogP contribution in [-0.2, 0) is 28.1 Å². The molecule has 3 aromatic carbocycles. The van der Waals surface area contributed by atoms with E-state index in [4.69, 9.17) is 14.2 Å². The van der Waals surface area contributed by atoms with E-state index in [1.165, 1.54) is 31.5 Å². The number of ether oxygens (including phenoxy) is 3. The Hall–Kier alpha value is -4.55. The van der Waals surface area contributed by atoms with Crippen molar-refractivity contribution in [1.29, 1.82) is 0 Å². The molecule has 0 radical (unpaired) electrons. The van der Waals surface area contributed by atoms with Crippen LogP contribution in [0.4, 0.5) is 13.2 Å². The SMILES string of the molecule is CCOC(=O)CCc1cc(C)c(OC2CCN(CC(O)(c3cn(Cc4ccccc4)c4cc(C(=O)O)ccc34)C(F)(F)F)CC2)c(OC)c1. The van der Waals surface area contributed by atoms with E-state index in [0.717, 1.165) is 16.7 Å². The second-order valence-corrected chi connectivity index (χ2v) is 12.4. The average molecular weight is 683 g/mol. The van der Waals surface area contributed by atoms with Gasteiger partial charge in [-0.1, -0.05) is 42.5 Å². The van der Waals surface area contributed by atoms with Crippen LogP contribution in [-0.4, -0.2) is 77.2 Å². The van der Waals surface area contributed by atoms with Crippen LogP contribution in [0.1, 0.15) is 58.8 Å². The Labute approximate surface area is 282 Å². The number of halogens is 3. The first-order valence-corrected chi connectivity index (χ1v) is 16.2. The number of hydrogen-bond acceptors (Lipinski definition) is 7. The molecule has 9 nitrogen and oxygen atoms in total. The molecule has 2 N–H and O–H groups in total. The molecule has 1 aliphatic heterocycles. The van der Waals surface area contributed by atoms with Crippen LogP contribution in [0, 0.1) is 6.92 Å². The number of benzene rings is 3. The number of fused-ring (bicyclic) bond motifs is 1. The number of carboxylic acid groups (broad SMARTS) is 1. The number of esters is 1. The van der Waals surface area contributed by atoms with E-state index < -0.39 is 24.3 Å². The summed E-state index contributed by atoms with van der Waals surface area (Å²) >= 11 is 0. The lowest BCUT2D eigenvalue weighted by molar-refractivity contribution is -0.272. The molecule has 5 rings (SSSR count). The predicted molar refractivity (Wildman–Crippen MR) is 177 cm³/mol. The molecule has 1 unspecified atom stereocenters. The van der Waals surface area contributed by atoms with Crippen LogP contribution in [0.25, 0.3) is 10.9 Å². The fourth-order valence-corrected chi connectivity index (χ4v) is 6.41. The van der Waals surface area contributed by atoms with Crippen molar-refractivity contribution in [3.63, 3.8) is 0 Å². The number of alkyl halides is 3. The van der Waals surface area contributed by atoms with E-state index in [9.17, 15) is 33.0 Å². The maximum absolute atomic E-state index is 14.9. The van der Waals surface area contributed by atoms with Crippen LogP contribution >= 0.6 is 0 Å². The molecule has 0 aliphatic carbocycles. The molecule has 262 valence electrons. The first kappa shape index (κ1) is 35.7. The quantitative estimate of drug-likeness (QED) is 0.154. The third-order valence-corrected chi connectivity index (χ3v) is 8.95. The fraction of sp³-hybridized carbons (Fsp3) is 0.405. The number of piperidine rings is 1. The van der Waals surface area contributed by atoms with E-state index in [-0.39, 0.29) is 60.2 Å². The Morgan fingerprint density at radius 1 is 1.00 bits per heavy atom. The largest absolute Gasteiger partial charge is 0.493 e. The van der Waals surface area contributed by atoms with Gasteiger partial charge >= 0.3 is 18.1 Å². The number of aromatic carboxylic acids is 1. The van der Waals surface area contributed by atoms with Crippen LogP contribution in [0.3, 0.4) is 0 Å². The molecule has 0 spiro atoms. The fourth-order valence-electron chi connectivity index (χ4n) is 6.41. The van der Waals surface area contributed by atoms with Gasteiger partial charge in [0.05, 0.1) is 19.3 Å². The van der Waals surface area contributed by atoms with Gasteiger partial charge in [-0.05, 0) is 68.0 Å². The molecule has 0 bridgehead atoms. The van der Waals surface area contributed by atoms with Gasteiger partial charge in [-0.3, -0.25) is 9.69 Å². The highest BCUT2D eigenvalue weighted by Gasteiger charge is 2.57. The summed E-state index contributed by atoms with van der Waals surface area (Å²) in [6.45, 7) is 3.92. The summed E-state index contributed by atoms with van der Waals surface area (Å²) in [6.07, 6.45) is -2.50. The summed E-state index contributed by atoms with van der Waals surface area (Å²) in [5.41, 5.74) is -0.838. The molecular formula is C37H41F3N2O7. The molecule has 12 heteroatoms. The number of nitrogens with zero attached hydrogens (tertiary/aromatic N) is 2. The van der Waals surface area contributed by atoms with Crippen molar-refractivity contribution in [3.8, 4) is 11.5 Å². The van der Waals surface area contributed by atoms with E-state index in [2.05, 4.69) is 0 Å². The Morgan fingerprint density at radius 2 is 1.71 bits per heavy atom. The topological polar surface area (TPSA) is 110 Å². The van der Waals surface area contributed by atoms with Gasteiger partial charge in [0, 0.05) is 55.3 Å². The Bertz CT molecular complexity index is 1780. The maximum Gasteiger partial charge on any atom is 0.422 e. The zero-order valence-corrected chi connectivity index (χ0v) is 27.8. The standard InChI is InChI=1S/C37H41F3N2O7/c1-4-48-33(43)13-10-26-18-24(2)34(32(19-26)47-3)49-28-14-16-41(17-15-28)23-36(46,37(38,39)40)30-22-42(21-25-8-6-5-7-9-25)31-20-27(35(44)45)11-12-29(30)31/h5-9,11-12,18-20,22,28,46H,4,10,13-17,21,23H2,1-3H3,(H,44,45). The number of carbonyl (C=O) groups is 2. The molecule has 1 fully saturated rings. The van der Waals surface area contributed by atoms with Crippen molar-refractivity contribution in [1.82, 2.24) is 9.47 Å². The Morgan fingerprint density at radius 3 is 2.35 bits per heavy atom. The van der Waals surface area contributed by atoms with Gasteiger partial charge in [-0.2, -0.15) is 13.2 Å². The number of β-amino-alcohol motifs (C(OH)–C–C–N with tert-alkyl or cyclic N) is 1. The summed E-state index contributed by atoms with van der Waals surface area (Å²) in [7, 11) is 1.52. The molecule has 1 saturated heterocycles. The minimum Gasteiger partial charge on any atom is -0.493 e. The number of rotatable bonds is 13. The lowest BCUT2D eigenvalue weighted by Gasteiger charge is -2.39. The molecule has 49 heavy (non-hydrogen) atoms. The molecule has 4 aromatic rings.